The second kappa shape index (κ2) is 16.5. The molecule has 0 unspecified atom stereocenters. The summed E-state index contributed by atoms with van der Waals surface area (Å²) in [6.07, 6.45) is 2.00. The Hall–Kier alpha value is -7.23. The van der Waals surface area contributed by atoms with Gasteiger partial charge in [0.2, 0.25) is 0 Å². The number of nitrogens with zero attached hydrogens (tertiary/aromatic N) is 3. The first-order valence-corrected chi connectivity index (χ1v) is 20.0. The minimum Gasteiger partial charge on any atom is -0.208 e. The van der Waals surface area contributed by atoms with E-state index < -0.39 is 0 Å². The lowest BCUT2D eigenvalue weighted by Gasteiger charge is -2.11. The highest BCUT2D eigenvalue weighted by atomic mass is 15.0. The summed E-state index contributed by atoms with van der Waals surface area (Å²) >= 11 is 0. The van der Waals surface area contributed by atoms with Gasteiger partial charge >= 0.3 is 0 Å². The second-order valence-electron chi connectivity index (χ2n) is 15.0. The standard InChI is InChI=1S/C55H43N3/c1-38-13-19-47(20-14-38)52-21-15-39(2)51(37-52)24-18-40-16-22-43(23-17-40)46-29-35-50(36-30-46)55-57-53(48-31-25-44(26-32-48)41-9-5-3-6-10-41)56-54(58-55)49-33-27-45(28-34-49)42-11-7-4-8-12-42/h3-17,19-23,25-37H,18,24H2,1-2H3. The summed E-state index contributed by atoms with van der Waals surface area (Å²) in [5.41, 5.74) is 17.7. The van der Waals surface area contributed by atoms with E-state index in [0.29, 0.717) is 17.5 Å². The van der Waals surface area contributed by atoms with Crippen molar-refractivity contribution in [2.45, 2.75) is 26.7 Å². The molecule has 0 fully saturated rings. The molecule has 8 aromatic carbocycles. The highest BCUT2D eigenvalue weighted by Crippen LogP contribution is 2.31. The molecule has 0 atom stereocenters. The van der Waals surface area contributed by atoms with Crippen molar-refractivity contribution in [3.63, 3.8) is 0 Å². The third-order valence-corrected chi connectivity index (χ3v) is 11.0. The fourth-order valence-electron chi connectivity index (χ4n) is 7.47. The molecule has 0 aliphatic rings. The van der Waals surface area contributed by atoms with Crippen LogP contribution in [0.25, 0.3) is 78.7 Å². The van der Waals surface area contributed by atoms with Gasteiger partial charge in [0.1, 0.15) is 0 Å². The molecular formula is C55H43N3. The molecule has 0 saturated carbocycles. The van der Waals surface area contributed by atoms with Crippen molar-refractivity contribution in [3.05, 3.63) is 222 Å². The van der Waals surface area contributed by atoms with E-state index in [0.717, 1.165) is 46.2 Å². The zero-order chi connectivity index (χ0) is 39.3. The van der Waals surface area contributed by atoms with Crippen LogP contribution in [-0.2, 0) is 12.8 Å². The Morgan fingerprint density at radius 1 is 0.293 bits per heavy atom. The monoisotopic (exact) mass is 745 g/mol. The molecule has 0 saturated heterocycles. The van der Waals surface area contributed by atoms with E-state index in [-0.39, 0.29) is 0 Å². The van der Waals surface area contributed by atoms with Gasteiger partial charge in [0, 0.05) is 16.7 Å². The largest absolute Gasteiger partial charge is 0.208 e. The third kappa shape index (κ3) is 8.16. The minimum absolute atomic E-state index is 0.642. The molecule has 0 spiro atoms. The maximum Gasteiger partial charge on any atom is 0.164 e. The molecule has 3 nitrogen and oxygen atoms in total. The van der Waals surface area contributed by atoms with E-state index in [9.17, 15) is 0 Å². The normalized spacial score (nSPS) is 11.1. The molecule has 0 N–H and O–H groups in total. The Morgan fingerprint density at radius 3 is 1.05 bits per heavy atom. The van der Waals surface area contributed by atoms with Crippen LogP contribution in [0.5, 0.6) is 0 Å². The minimum atomic E-state index is 0.642. The molecule has 3 heteroatoms. The fraction of sp³-hybridized carbons (Fsp3) is 0.0727. The average molecular weight is 746 g/mol. The third-order valence-electron chi connectivity index (χ3n) is 11.0. The lowest BCUT2D eigenvalue weighted by molar-refractivity contribution is 0.950. The van der Waals surface area contributed by atoms with Gasteiger partial charge in [-0.1, -0.05) is 206 Å². The highest BCUT2D eigenvalue weighted by molar-refractivity contribution is 5.74. The van der Waals surface area contributed by atoms with Gasteiger partial charge in [-0.05, 0) is 87.9 Å². The van der Waals surface area contributed by atoms with Crippen molar-refractivity contribution in [2.75, 3.05) is 0 Å². The fourth-order valence-corrected chi connectivity index (χ4v) is 7.47. The van der Waals surface area contributed by atoms with Gasteiger partial charge in [0.05, 0.1) is 0 Å². The van der Waals surface area contributed by atoms with Crippen LogP contribution in [0.3, 0.4) is 0 Å². The number of hydrogen-bond donors (Lipinski definition) is 0. The molecule has 9 aromatic rings. The van der Waals surface area contributed by atoms with E-state index >= 15 is 0 Å². The molecule has 1 heterocycles. The molecule has 0 amide bonds. The number of aryl methyl sites for hydroxylation is 4. The van der Waals surface area contributed by atoms with E-state index in [2.05, 4.69) is 202 Å². The second-order valence-corrected chi connectivity index (χ2v) is 15.0. The smallest absolute Gasteiger partial charge is 0.164 e. The average Bonchev–Trinajstić information content (AvgIpc) is 3.30. The van der Waals surface area contributed by atoms with Crippen molar-refractivity contribution in [1.82, 2.24) is 15.0 Å². The summed E-state index contributed by atoms with van der Waals surface area (Å²) in [7, 11) is 0. The van der Waals surface area contributed by atoms with E-state index in [1.54, 1.807) is 0 Å². The maximum absolute atomic E-state index is 5.04. The van der Waals surface area contributed by atoms with Crippen molar-refractivity contribution < 1.29 is 0 Å². The molecule has 0 aliphatic carbocycles. The molecule has 0 aliphatic heterocycles. The van der Waals surface area contributed by atoms with E-state index in [1.807, 2.05) is 12.1 Å². The van der Waals surface area contributed by atoms with Gasteiger partial charge < -0.3 is 0 Å². The molecule has 0 bridgehead atoms. The highest BCUT2D eigenvalue weighted by Gasteiger charge is 2.14. The zero-order valence-electron chi connectivity index (χ0n) is 32.8. The van der Waals surface area contributed by atoms with Crippen LogP contribution in [0, 0.1) is 13.8 Å². The summed E-state index contributed by atoms with van der Waals surface area (Å²) in [5.74, 6) is 1.93. The van der Waals surface area contributed by atoms with Crippen LogP contribution in [0.2, 0.25) is 0 Å². The van der Waals surface area contributed by atoms with Gasteiger partial charge in [-0.2, -0.15) is 0 Å². The van der Waals surface area contributed by atoms with Gasteiger partial charge in [-0.25, -0.2) is 15.0 Å². The molecule has 9 rings (SSSR count). The number of hydrogen-bond acceptors (Lipinski definition) is 3. The van der Waals surface area contributed by atoms with Gasteiger partial charge in [-0.3, -0.25) is 0 Å². The van der Waals surface area contributed by atoms with Gasteiger partial charge in [-0.15, -0.1) is 0 Å². The maximum atomic E-state index is 5.04. The lowest BCUT2D eigenvalue weighted by Crippen LogP contribution is -2.00. The first-order valence-electron chi connectivity index (χ1n) is 20.0. The first kappa shape index (κ1) is 36.4. The summed E-state index contributed by atoms with van der Waals surface area (Å²) in [6.45, 7) is 4.35. The number of rotatable bonds is 10. The van der Waals surface area contributed by atoms with Crippen molar-refractivity contribution in [2.24, 2.45) is 0 Å². The summed E-state index contributed by atoms with van der Waals surface area (Å²) in [4.78, 5) is 15.1. The van der Waals surface area contributed by atoms with Crippen LogP contribution in [-0.4, -0.2) is 15.0 Å². The van der Waals surface area contributed by atoms with Crippen LogP contribution in [0.4, 0.5) is 0 Å². The lowest BCUT2D eigenvalue weighted by atomic mass is 9.95. The zero-order valence-corrected chi connectivity index (χ0v) is 32.8. The Labute approximate surface area is 341 Å². The summed E-state index contributed by atoms with van der Waals surface area (Å²) in [6, 6.07) is 70.9. The first-order chi connectivity index (χ1) is 28.5. The van der Waals surface area contributed by atoms with Crippen LogP contribution in [0.1, 0.15) is 22.3 Å². The van der Waals surface area contributed by atoms with Crippen LogP contribution in [0.15, 0.2) is 200 Å². The molecule has 58 heavy (non-hydrogen) atoms. The topological polar surface area (TPSA) is 38.7 Å². The predicted molar refractivity (Wildman–Crippen MR) is 241 cm³/mol. The van der Waals surface area contributed by atoms with Crippen molar-refractivity contribution >= 4 is 0 Å². The summed E-state index contributed by atoms with van der Waals surface area (Å²) in [5, 5.41) is 0. The van der Waals surface area contributed by atoms with Crippen LogP contribution >= 0.6 is 0 Å². The molecule has 278 valence electrons. The Morgan fingerprint density at radius 2 is 0.621 bits per heavy atom. The predicted octanol–water partition coefficient (Wildman–Crippen LogP) is 13.9. The number of benzene rings is 8. The number of aromatic nitrogens is 3. The van der Waals surface area contributed by atoms with Crippen molar-refractivity contribution in [1.29, 1.82) is 0 Å². The van der Waals surface area contributed by atoms with E-state index in [4.69, 9.17) is 15.0 Å². The quantitative estimate of drug-likeness (QED) is 0.140. The molecular weight excluding hydrogens is 703 g/mol. The van der Waals surface area contributed by atoms with Gasteiger partial charge in [0.25, 0.3) is 0 Å². The molecule has 1 aromatic heterocycles. The summed E-state index contributed by atoms with van der Waals surface area (Å²) < 4.78 is 0. The molecule has 0 radical (unpaired) electrons. The van der Waals surface area contributed by atoms with Crippen LogP contribution < -0.4 is 0 Å². The van der Waals surface area contributed by atoms with Crippen molar-refractivity contribution in [3.8, 4) is 78.7 Å². The SMILES string of the molecule is Cc1ccc(-c2ccc(C)c(CCc3ccc(-c4ccc(-c5nc(-c6ccc(-c7ccccc7)cc6)nc(-c6ccc(-c7ccccc7)cc6)n5)cc4)cc3)c2)cc1. The Bertz CT molecular complexity index is 2670. The van der Waals surface area contributed by atoms with Gasteiger partial charge in [0.15, 0.2) is 17.5 Å². The Balaban J connectivity index is 0.961. The van der Waals surface area contributed by atoms with E-state index in [1.165, 1.54) is 50.1 Å². The Kier molecular flexibility index (Phi) is 10.3.